The summed E-state index contributed by atoms with van der Waals surface area (Å²) >= 11 is 1.68. The molecule has 0 aliphatic carbocycles. The van der Waals surface area contributed by atoms with Crippen molar-refractivity contribution in [3.63, 3.8) is 0 Å². The molecule has 108 valence electrons. The lowest BCUT2D eigenvalue weighted by Gasteiger charge is -2.23. The lowest BCUT2D eigenvalue weighted by Crippen LogP contribution is -2.39. The molecule has 1 aromatic heterocycles. The molecule has 21 heavy (non-hydrogen) atoms. The first-order valence-corrected chi connectivity index (χ1v) is 7.52. The molecule has 2 aromatic rings. The summed E-state index contributed by atoms with van der Waals surface area (Å²) in [6, 6.07) is 12.8. The normalized spacial score (nSPS) is 11.9. The molecule has 5 heteroatoms. The van der Waals surface area contributed by atoms with E-state index in [-0.39, 0.29) is 11.9 Å². The Hall–Kier alpha value is -2.16. The molecular weight excluding hydrogens is 282 g/mol. The van der Waals surface area contributed by atoms with Crippen molar-refractivity contribution in [1.29, 1.82) is 5.26 Å². The van der Waals surface area contributed by atoms with Crippen LogP contribution in [0.1, 0.15) is 17.4 Å². The van der Waals surface area contributed by atoms with Gasteiger partial charge in [0, 0.05) is 17.1 Å². The van der Waals surface area contributed by atoms with Crippen LogP contribution in [0.3, 0.4) is 0 Å². The third-order valence-electron chi connectivity index (χ3n) is 3.29. The zero-order valence-electron chi connectivity index (χ0n) is 12.0. The van der Waals surface area contributed by atoms with Gasteiger partial charge in [-0.25, -0.2) is 0 Å². The second-order valence-electron chi connectivity index (χ2n) is 4.85. The quantitative estimate of drug-likeness (QED) is 0.923. The van der Waals surface area contributed by atoms with Gasteiger partial charge in [0.2, 0.25) is 5.91 Å². The van der Waals surface area contributed by atoms with Crippen LogP contribution in [0.5, 0.6) is 0 Å². The highest BCUT2D eigenvalue weighted by Crippen LogP contribution is 2.14. The van der Waals surface area contributed by atoms with Crippen LogP contribution in [0, 0.1) is 11.3 Å². The van der Waals surface area contributed by atoms with Gasteiger partial charge in [0.15, 0.2) is 0 Å². The van der Waals surface area contributed by atoms with Gasteiger partial charge in [0.25, 0.3) is 0 Å². The molecule has 1 aromatic carbocycles. The van der Waals surface area contributed by atoms with Crippen molar-refractivity contribution >= 4 is 22.9 Å². The number of nitrogens with one attached hydrogen (secondary N) is 1. The third-order valence-corrected chi connectivity index (χ3v) is 4.15. The molecule has 4 nitrogen and oxygen atoms in total. The largest absolute Gasteiger partial charge is 0.325 e. The maximum Gasteiger partial charge on any atom is 0.241 e. The predicted molar refractivity (Wildman–Crippen MR) is 85.0 cm³/mol. The minimum absolute atomic E-state index is 0.0795. The van der Waals surface area contributed by atoms with Gasteiger partial charge >= 0.3 is 0 Å². The van der Waals surface area contributed by atoms with Crippen LogP contribution in [0.2, 0.25) is 0 Å². The molecule has 2 rings (SSSR count). The number of carbonyl (C=O) groups excluding carboxylic acids is 1. The fourth-order valence-corrected chi connectivity index (χ4v) is 2.67. The third kappa shape index (κ3) is 4.15. The molecule has 0 saturated carbocycles. The fourth-order valence-electron chi connectivity index (χ4n) is 1.90. The molecule has 1 amide bonds. The van der Waals surface area contributed by atoms with Crippen LogP contribution in [0.15, 0.2) is 41.8 Å². The fraction of sp³-hybridized carbons (Fsp3) is 0.250. The average molecular weight is 299 g/mol. The summed E-state index contributed by atoms with van der Waals surface area (Å²) in [7, 11) is 1.93. The van der Waals surface area contributed by atoms with Crippen molar-refractivity contribution in [2.24, 2.45) is 0 Å². The Kier molecular flexibility index (Phi) is 5.09. The minimum atomic E-state index is -0.252. The van der Waals surface area contributed by atoms with E-state index in [1.807, 2.05) is 30.3 Å². The van der Waals surface area contributed by atoms with Crippen molar-refractivity contribution in [3.8, 4) is 6.07 Å². The van der Waals surface area contributed by atoms with E-state index in [1.165, 1.54) is 4.88 Å². The molecule has 0 saturated heterocycles. The Morgan fingerprint density at radius 2 is 2.24 bits per heavy atom. The predicted octanol–water partition coefficient (Wildman–Crippen LogP) is 3.08. The number of nitrogens with zero attached hydrogens (tertiary/aromatic N) is 2. The molecular formula is C16H17N3OS. The molecule has 1 N–H and O–H groups in total. The van der Waals surface area contributed by atoms with Crippen LogP contribution < -0.4 is 5.32 Å². The average Bonchev–Trinajstić information content (AvgIpc) is 2.99. The van der Waals surface area contributed by atoms with Gasteiger partial charge < -0.3 is 5.32 Å². The number of rotatable bonds is 5. The first kappa shape index (κ1) is 15.2. The highest BCUT2D eigenvalue weighted by molar-refractivity contribution is 7.09. The Morgan fingerprint density at radius 1 is 1.43 bits per heavy atom. The number of nitriles is 1. The number of hydrogen-bond acceptors (Lipinski definition) is 4. The van der Waals surface area contributed by atoms with Gasteiger partial charge in [0.05, 0.1) is 17.7 Å². The van der Waals surface area contributed by atoms with Crippen LogP contribution in [0.4, 0.5) is 5.69 Å². The molecule has 0 fully saturated rings. The first-order chi connectivity index (χ1) is 10.1. The highest BCUT2D eigenvalue weighted by atomic mass is 32.1. The van der Waals surface area contributed by atoms with Crippen LogP contribution >= 0.6 is 11.3 Å². The number of carbonyl (C=O) groups is 1. The zero-order valence-corrected chi connectivity index (χ0v) is 12.9. The topological polar surface area (TPSA) is 56.1 Å². The number of thiophene rings is 1. The maximum atomic E-state index is 12.2. The molecule has 0 aliphatic rings. The van der Waals surface area contributed by atoms with Gasteiger partial charge in [-0.05, 0) is 43.6 Å². The summed E-state index contributed by atoms with van der Waals surface area (Å²) in [5, 5.41) is 13.7. The smallest absolute Gasteiger partial charge is 0.241 e. The van der Waals surface area contributed by atoms with E-state index in [1.54, 1.807) is 35.6 Å². The Balaban J connectivity index is 1.97. The van der Waals surface area contributed by atoms with Crippen LogP contribution in [-0.2, 0) is 11.3 Å². The van der Waals surface area contributed by atoms with E-state index in [0.717, 1.165) is 6.54 Å². The molecule has 1 atom stereocenters. The Labute approximate surface area is 128 Å². The highest BCUT2D eigenvalue weighted by Gasteiger charge is 2.18. The monoisotopic (exact) mass is 299 g/mol. The van der Waals surface area contributed by atoms with Gasteiger partial charge in [0.1, 0.15) is 0 Å². The summed E-state index contributed by atoms with van der Waals surface area (Å²) in [6.07, 6.45) is 0. The molecule has 0 unspecified atom stereocenters. The van der Waals surface area contributed by atoms with E-state index in [4.69, 9.17) is 5.26 Å². The lowest BCUT2D eigenvalue weighted by molar-refractivity contribution is -0.120. The number of anilines is 1. The summed E-state index contributed by atoms with van der Waals surface area (Å²) in [5.41, 5.74) is 1.18. The van der Waals surface area contributed by atoms with E-state index in [9.17, 15) is 4.79 Å². The summed E-state index contributed by atoms with van der Waals surface area (Å²) in [6.45, 7) is 2.61. The van der Waals surface area contributed by atoms with Crippen molar-refractivity contribution in [2.75, 3.05) is 12.4 Å². The summed E-state index contributed by atoms with van der Waals surface area (Å²) < 4.78 is 0. The van der Waals surface area contributed by atoms with Gasteiger partial charge in [-0.15, -0.1) is 11.3 Å². The number of benzene rings is 1. The van der Waals surface area contributed by atoms with E-state index in [2.05, 4.69) is 17.5 Å². The number of amides is 1. The minimum Gasteiger partial charge on any atom is -0.325 e. The molecule has 0 aliphatic heterocycles. The number of likely N-dealkylation sites (N-methyl/N-ethyl adjacent to an activating group) is 1. The lowest BCUT2D eigenvalue weighted by atomic mass is 10.2. The van der Waals surface area contributed by atoms with Crippen LogP contribution in [-0.4, -0.2) is 23.9 Å². The Morgan fingerprint density at radius 3 is 2.90 bits per heavy atom. The number of hydrogen-bond donors (Lipinski definition) is 1. The van der Waals surface area contributed by atoms with Crippen molar-refractivity contribution in [3.05, 3.63) is 52.2 Å². The van der Waals surface area contributed by atoms with Gasteiger partial charge in [-0.3, -0.25) is 9.69 Å². The van der Waals surface area contributed by atoms with Crippen molar-refractivity contribution in [2.45, 2.75) is 19.5 Å². The molecule has 0 bridgehead atoms. The first-order valence-electron chi connectivity index (χ1n) is 6.64. The summed E-state index contributed by atoms with van der Waals surface area (Å²) in [5.74, 6) is -0.0795. The standard InChI is InChI=1S/C16H17N3OS/c1-12(19(2)11-15-7-4-8-21-15)16(20)18-14-6-3-5-13(9-14)10-17/h3-9,12H,11H2,1-2H3,(H,18,20)/t12-/m1/s1. The SMILES string of the molecule is C[C@H](C(=O)Nc1cccc(C#N)c1)N(C)Cc1cccs1. The Bertz CT molecular complexity index is 646. The van der Waals surface area contributed by atoms with E-state index < -0.39 is 0 Å². The van der Waals surface area contributed by atoms with Crippen molar-refractivity contribution < 1.29 is 4.79 Å². The van der Waals surface area contributed by atoms with Gasteiger partial charge in [-0.2, -0.15) is 5.26 Å². The van der Waals surface area contributed by atoms with E-state index in [0.29, 0.717) is 11.3 Å². The van der Waals surface area contributed by atoms with Crippen molar-refractivity contribution in [1.82, 2.24) is 4.90 Å². The van der Waals surface area contributed by atoms with Gasteiger partial charge in [-0.1, -0.05) is 12.1 Å². The molecule has 0 spiro atoms. The zero-order chi connectivity index (χ0) is 15.2. The second-order valence-corrected chi connectivity index (χ2v) is 5.88. The summed E-state index contributed by atoms with van der Waals surface area (Å²) in [4.78, 5) is 15.5. The molecule has 1 heterocycles. The maximum absolute atomic E-state index is 12.2. The second kappa shape index (κ2) is 7.02. The van der Waals surface area contributed by atoms with Crippen LogP contribution in [0.25, 0.3) is 0 Å². The van der Waals surface area contributed by atoms with E-state index >= 15 is 0 Å². The molecule has 0 radical (unpaired) electrons.